The van der Waals surface area contributed by atoms with Crippen LogP contribution in [0.5, 0.6) is 0 Å². The molecule has 1 aromatic rings. The number of benzene rings is 1. The summed E-state index contributed by atoms with van der Waals surface area (Å²) in [5, 5.41) is 3.21. The third kappa shape index (κ3) is 4.38. The molecule has 0 aliphatic heterocycles. The molecule has 0 saturated carbocycles. The number of hydrogen-bond acceptors (Lipinski definition) is 3. The van der Waals surface area contributed by atoms with Crippen LogP contribution in [0.4, 0.5) is 0 Å². The fourth-order valence-corrected chi connectivity index (χ4v) is 3.50. The lowest BCUT2D eigenvalue weighted by Crippen LogP contribution is -2.18. The van der Waals surface area contributed by atoms with E-state index in [0.29, 0.717) is 13.0 Å². The van der Waals surface area contributed by atoms with Crippen LogP contribution < -0.4 is 5.73 Å². The summed E-state index contributed by atoms with van der Waals surface area (Å²) in [4.78, 5) is 11.0. The standard InChI is InChI=1S/C20H28N2O/c1-15-6-5-12-20(2,3)18(15)10-9-16-7-4-8-17(14-16)19(22-23)11-13-21/h4,7-10,14,19H,5-6,11-13,21H2,1-3H3. The molecule has 1 atom stereocenters. The molecule has 1 aliphatic rings. The van der Waals surface area contributed by atoms with Gasteiger partial charge < -0.3 is 5.73 Å². The van der Waals surface area contributed by atoms with Crippen molar-refractivity contribution in [2.45, 2.75) is 52.5 Å². The first kappa shape index (κ1) is 17.6. The van der Waals surface area contributed by atoms with Gasteiger partial charge in [-0.1, -0.05) is 54.9 Å². The third-order valence-electron chi connectivity index (χ3n) is 4.85. The fraction of sp³-hybridized carbons (Fsp3) is 0.500. The molecule has 0 spiro atoms. The first-order valence-electron chi connectivity index (χ1n) is 8.49. The van der Waals surface area contributed by atoms with Crippen molar-refractivity contribution < 1.29 is 0 Å². The highest BCUT2D eigenvalue weighted by Gasteiger charge is 2.26. The van der Waals surface area contributed by atoms with E-state index < -0.39 is 0 Å². The Bertz CT molecular complexity index is 614. The van der Waals surface area contributed by atoms with Gasteiger partial charge in [-0.3, -0.25) is 0 Å². The summed E-state index contributed by atoms with van der Waals surface area (Å²) in [7, 11) is 0. The number of nitrogens with two attached hydrogens (primary N) is 1. The zero-order chi connectivity index (χ0) is 16.9. The van der Waals surface area contributed by atoms with Crippen LogP contribution in [-0.2, 0) is 0 Å². The van der Waals surface area contributed by atoms with Gasteiger partial charge in [-0.25, -0.2) is 0 Å². The van der Waals surface area contributed by atoms with Gasteiger partial charge in [-0.15, -0.1) is 0 Å². The molecular formula is C20H28N2O. The number of nitroso groups, excluding NO2 is 1. The van der Waals surface area contributed by atoms with E-state index in [1.54, 1.807) is 0 Å². The van der Waals surface area contributed by atoms with Gasteiger partial charge in [-0.05, 0) is 67.3 Å². The highest BCUT2D eigenvalue weighted by molar-refractivity contribution is 5.55. The van der Waals surface area contributed by atoms with Crippen LogP contribution in [0, 0.1) is 10.3 Å². The smallest absolute Gasteiger partial charge is 0.118 e. The Morgan fingerprint density at radius 2 is 2.13 bits per heavy atom. The van der Waals surface area contributed by atoms with Crippen molar-refractivity contribution in [2.24, 2.45) is 16.3 Å². The van der Waals surface area contributed by atoms with Crippen LogP contribution >= 0.6 is 0 Å². The van der Waals surface area contributed by atoms with E-state index in [-0.39, 0.29) is 11.5 Å². The quantitative estimate of drug-likeness (QED) is 0.717. The number of allylic oxidation sites excluding steroid dienone is 3. The summed E-state index contributed by atoms with van der Waals surface area (Å²) < 4.78 is 0. The second kappa shape index (κ2) is 7.69. The van der Waals surface area contributed by atoms with E-state index in [4.69, 9.17) is 5.73 Å². The van der Waals surface area contributed by atoms with Crippen LogP contribution in [-0.4, -0.2) is 6.54 Å². The summed E-state index contributed by atoms with van der Waals surface area (Å²) in [5.41, 5.74) is 10.8. The summed E-state index contributed by atoms with van der Waals surface area (Å²) in [6.45, 7) is 7.35. The molecule has 2 rings (SSSR count). The number of hydrogen-bond donors (Lipinski definition) is 1. The number of nitrogens with zero attached hydrogens (tertiary/aromatic N) is 1. The SMILES string of the molecule is CC1=C(C=Cc2cccc(C(CCN)N=O)c2)C(C)(C)CCC1. The Labute approximate surface area is 139 Å². The molecule has 0 fully saturated rings. The average molecular weight is 312 g/mol. The summed E-state index contributed by atoms with van der Waals surface area (Å²) in [6, 6.07) is 7.70. The van der Waals surface area contributed by atoms with Gasteiger partial charge in [-0.2, -0.15) is 4.91 Å². The van der Waals surface area contributed by atoms with Gasteiger partial charge in [0.05, 0.1) is 0 Å². The lowest BCUT2D eigenvalue weighted by atomic mass is 9.72. The van der Waals surface area contributed by atoms with Gasteiger partial charge in [0.25, 0.3) is 0 Å². The van der Waals surface area contributed by atoms with E-state index in [9.17, 15) is 4.91 Å². The first-order chi connectivity index (χ1) is 11.0. The first-order valence-corrected chi connectivity index (χ1v) is 8.49. The Morgan fingerprint density at radius 1 is 1.35 bits per heavy atom. The minimum Gasteiger partial charge on any atom is -0.330 e. The Balaban J connectivity index is 2.25. The maximum atomic E-state index is 11.0. The molecule has 1 unspecified atom stereocenters. The van der Waals surface area contributed by atoms with E-state index >= 15 is 0 Å². The third-order valence-corrected chi connectivity index (χ3v) is 4.85. The van der Waals surface area contributed by atoms with Crippen molar-refractivity contribution in [1.29, 1.82) is 0 Å². The molecule has 3 heteroatoms. The number of rotatable bonds is 6. The highest BCUT2D eigenvalue weighted by Crippen LogP contribution is 2.41. The van der Waals surface area contributed by atoms with Crippen molar-refractivity contribution in [3.8, 4) is 0 Å². The predicted molar refractivity (Wildman–Crippen MR) is 98.0 cm³/mol. The van der Waals surface area contributed by atoms with Gasteiger partial charge in [0.1, 0.15) is 6.04 Å². The van der Waals surface area contributed by atoms with Crippen LogP contribution in [0.15, 0.2) is 46.7 Å². The lowest BCUT2D eigenvalue weighted by Gasteiger charge is -2.32. The molecule has 1 aromatic carbocycles. The monoisotopic (exact) mass is 312 g/mol. The van der Waals surface area contributed by atoms with Crippen molar-refractivity contribution in [1.82, 2.24) is 0 Å². The van der Waals surface area contributed by atoms with Gasteiger partial charge in [0.15, 0.2) is 0 Å². The molecule has 0 saturated heterocycles. The Kier molecular flexibility index (Phi) is 5.89. The molecule has 1 aliphatic carbocycles. The molecule has 0 aromatic heterocycles. The van der Waals surface area contributed by atoms with Crippen LogP contribution in [0.3, 0.4) is 0 Å². The molecule has 23 heavy (non-hydrogen) atoms. The maximum Gasteiger partial charge on any atom is 0.118 e. The molecule has 2 N–H and O–H groups in total. The molecule has 0 amide bonds. The fourth-order valence-electron chi connectivity index (χ4n) is 3.50. The molecule has 3 nitrogen and oxygen atoms in total. The van der Waals surface area contributed by atoms with Crippen molar-refractivity contribution in [2.75, 3.05) is 6.54 Å². The minimum atomic E-state index is -0.347. The van der Waals surface area contributed by atoms with Crippen LogP contribution in [0.1, 0.15) is 63.6 Å². The summed E-state index contributed by atoms with van der Waals surface area (Å²) in [5.74, 6) is 0. The zero-order valence-corrected chi connectivity index (χ0v) is 14.5. The topological polar surface area (TPSA) is 55.4 Å². The largest absolute Gasteiger partial charge is 0.330 e. The second-order valence-electron chi connectivity index (χ2n) is 7.13. The van der Waals surface area contributed by atoms with Crippen LogP contribution in [0.25, 0.3) is 6.08 Å². The van der Waals surface area contributed by atoms with E-state index in [2.05, 4.69) is 44.2 Å². The van der Waals surface area contributed by atoms with Gasteiger partial charge in [0, 0.05) is 0 Å². The van der Waals surface area contributed by atoms with Gasteiger partial charge >= 0.3 is 0 Å². The molecular weight excluding hydrogens is 284 g/mol. The minimum absolute atomic E-state index is 0.239. The van der Waals surface area contributed by atoms with E-state index in [1.165, 1.54) is 30.4 Å². The highest BCUT2D eigenvalue weighted by atomic mass is 16.3. The summed E-state index contributed by atoms with van der Waals surface area (Å²) in [6.07, 6.45) is 8.69. The van der Waals surface area contributed by atoms with Crippen molar-refractivity contribution in [3.05, 3.63) is 57.5 Å². The molecule has 0 heterocycles. The van der Waals surface area contributed by atoms with Crippen LogP contribution in [0.2, 0.25) is 0 Å². The normalized spacial score (nSPS) is 19.1. The molecule has 124 valence electrons. The average Bonchev–Trinajstić information content (AvgIpc) is 2.52. The molecule has 0 bridgehead atoms. The van der Waals surface area contributed by atoms with Crippen molar-refractivity contribution in [3.63, 3.8) is 0 Å². The Morgan fingerprint density at radius 3 is 2.78 bits per heavy atom. The van der Waals surface area contributed by atoms with E-state index in [1.807, 2.05) is 18.2 Å². The maximum absolute atomic E-state index is 11.0. The predicted octanol–water partition coefficient (Wildman–Crippen LogP) is 5.38. The zero-order valence-electron chi connectivity index (χ0n) is 14.5. The van der Waals surface area contributed by atoms with E-state index in [0.717, 1.165) is 11.1 Å². The molecule has 0 radical (unpaired) electrons. The summed E-state index contributed by atoms with van der Waals surface area (Å²) >= 11 is 0. The van der Waals surface area contributed by atoms with Gasteiger partial charge in [0.2, 0.25) is 0 Å². The van der Waals surface area contributed by atoms with Crippen molar-refractivity contribution >= 4 is 6.08 Å². The second-order valence-corrected chi connectivity index (χ2v) is 7.13. The Hall–Kier alpha value is -1.74. The lowest BCUT2D eigenvalue weighted by molar-refractivity contribution is 0.377.